The summed E-state index contributed by atoms with van der Waals surface area (Å²) in [6.45, 7) is 11.7. The second-order valence-corrected chi connectivity index (χ2v) is 12.4. The first-order valence-corrected chi connectivity index (χ1v) is 17.5. The number of aliphatic hydroxyl groups is 1. The van der Waals surface area contributed by atoms with Crippen LogP contribution in [-0.2, 0) is 18.9 Å². The molecule has 6 unspecified atom stereocenters. The molecule has 0 aromatic rings. The quantitative estimate of drug-likeness (QED) is 0.0697. The Labute approximate surface area is 260 Å². The van der Waals surface area contributed by atoms with Crippen molar-refractivity contribution < 1.29 is 24.1 Å². The van der Waals surface area contributed by atoms with Gasteiger partial charge in [0.05, 0.1) is 24.9 Å². The molecule has 1 aliphatic heterocycles. The number of rotatable bonds is 28. The highest BCUT2D eigenvalue weighted by atomic mass is 16.6. The molecule has 1 heterocycles. The summed E-state index contributed by atoms with van der Waals surface area (Å²) in [5.74, 6) is 0. The summed E-state index contributed by atoms with van der Waals surface area (Å²) in [6, 6.07) is -0.163. The van der Waals surface area contributed by atoms with E-state index in [9.17, 15) is 5.11 Å². The van der Waals surface area contributed by atoms with Crippen molar-refractivity contribution in [3.05, 3.63) is 24.4 Å². The van der Waals surface area contributed by atoms with Gasteiger partial charge >= 0.3 is 0 Å². The van der Waals surface area contributed by atoms with Crippen LogP contribution in [0.25, 0.3) is 0 Å². The van der Waals surface area contributed by atoms with E-state index in [1.807, 2.05) is 6.92 Å². The average Bonchev–Trinajstić information content (AvgIpc) is 2.98. The first-order valence-electron chi connectivity index (χ1n) is 17.5. The molecule has 6 nitrogen and oxygen atoms in total. The molecule has 0 spiro atoms. The highest BCUT2D eigenvalue weighted by molar-refractivity contribution is 5.03. The molecule has 1 rings (SSSR count). The lowest BCUT2D eigenvalue weighted by atomic mass is 9.92. The van der Waals surface area contributed by atoms with Gasteiger partial charge in [0, 0.05) is 26.5 Å². The zero-order valence-electron chi connectivity index (χ0n) is 28.3. The third kappa shape index (κ3) is 18.0. The minimum Gasteiger partial charge on any atom is -0.388 e. The molecule has 42 heavy (non-hydrogen) atoms. The number of hydrogen-bond acceptors (Lipinski definition) is 6. The van der Waals surface area contributed by atoms with E-state index in [2.05, 4.69) is 37.9 Å². The molecule has 0 amide bonds. The molecule has 0 aromatic heterocycles. The highest BCUT2D eigenvalue weighted by Crippen LogP contribution is 2.26. The molecule has 0 saturated carbocycles. The van der Waals surface area contributed by atoms with Crippen molar-refractivity contribution in [3.8, 4) is 0 Å². The summed E-state index contributed by atoms with van der Waals surface area (Å²) in [7, 11) is 3.43. The average molecular weight is 596 g/mol. The molecule has 6 heteroatoms. The van der Waals surface area contributed by atoms with E-state index in [0.29, 0.717) is 13.2 Å². The zero-order valence-corrected chi connectivity index (χ0v) is 28.3. The minimum absolute atomic E-state index is 0.133. The number of hydrogen-bond donors (Lipinski definition) is 2. The van der Waals surface area contributed by atoms with Crippen LogP contribution in [-0.4, -0.2) is 69.1 Å². The Kier molecular flexibility index (Phi) is 24.7. The summed E-state index contributed by atoms with van der Waals surface area (Å²) >= 11 is 0. The van der Waals surface area contributed by atoms with Gasteiger partial charge in [0.25, 0.3) is 0 Å². The van der Waals surface area contributed by atoms with Gasteiger partial charge in [-0.05, 0) is 58.3 Å². The Morgan fingerprint density at radius 1 is 0.857 bits per heavy atom. The van der Waals surface area contributed by atoms with Crippen LogP contribution >= 0.6 is 0 Å². The second kappa shape index (κ2) is 26.5. The summed E-state index contributed by atoms with van der Waals surface area (Å²) in [4.78, 5) is 0. The SMILES string of the molecule is C=C(CCCCCCC/C=C\CCCCCC)NC1C(C)OC(COC)C(O)C1OCCC(CCCCCCC)OC. The van der Waals surface area contributed by atoms with Gasteiger partial charge in [-0.1, -0.05) is 103 Å². The molecule has 1 fully saturated rings. The van der Waals surface area contributed by atoms with Crippen molar-refractivity contribution in [2.45, 2.75) is 179 Å². The van der Waals surface area contributed by atoms with Crippen LogP contribution in [0, 0.1) is 0 Å². The van der Waals surface area contributed by atoms with Crippen LogP contribution in [0.5, 0.6) is 0 Å². The monoisotopic (exact) mass is 596 g/mol. The maximum Gasteiger partial charge on any atom is 0.111 e. The van der Waals surface area contributed by atoms with Crippen molar-refractivity contribution in [3.63, 3.8) is 0 Å². The van der Waals surface area contributed by atoms with Crippen LogP contribution in [0.2, 0.25) is 0 Å². The predicted molar refractivity (Wildman–Crippen MR) is 177 cm³/mol. The van der Waals surface area contributed by atoms with Gasteiger partial charge in [0.2, 0.25) is 0 Å². The van der Waals surface area contributed by atoms with Crippen LogP contribution < -0.4 is 5.32 Å². The fourth-order valence-corrected chi connectivity index (χ4v) is 5.89. The van der Waals surface area contributed by atoms with Gasteiger partial charge in [0.15, 0.2) is 0 Å². The molecule has 1 aliphatic rings. The van der Waals surface area contributed by atoms with E-state index >= 15 is 0 Å². The Morgan fingerprint density at radius 3 is 2.10 bits per heavy atom. The lowest BCUT2D eigenvalue weighted by Gasteiger charge is -2.44. The molecule has 0 aliphatic carbocycles. The summed E-state index contributed by atoms with van der Waals surface area (Å²) in [5, 5.41) is 14.7. The number of aliphatic hydroxyl groups excluding tert-OH is 1. The Hall–Kier alpha value is -0.920. The van der Waals surface area contributed by atoms with Crippen molar-refractivity contribution in [2.24, 2.45) is 0 Å². The second-order valence-electron chi connectivity index (χ2n) is 12.4. The minimum atomic E-state index is -0.771. The van der Waals surface area contributed by atoms with Gasteiger partial charge < -0.3 is 29.4 Å². The third-order valence-corrected chi connectivity index (χ3v) is 8.62. The van der Waals surface area contributed by atoms with Gasteiger partial charge in [-0.15, -0.1) is 0 Å². The molecule has 0 radical (unpaired) electrons. The summed E-state index contributed by atoms with van der Waals surface area (Å²) in [5.41, 5.74) is 0.995. The van der Waals surface area contributed by atoms with Crippen molar-refractivity contribution >= 4 is 0 Å². The molecular formula is C36H69NO5. The van der Waals surface area contributed by atoms with Gasteiger partial charge in [0.1, 0.15) is 18.3 Å². The van der Waals surface area contributed by atoms with E-state index in [1.54, 1.807) is 14.2 Å². The van der Waals surface area contributed by atoms with Crippen LogP contribution in [0.1, 0.15) is 143 Å². The molecule has 0 bridgehead atoms. The molecular weight excluding hydrogens is 526 g/mol. The molecule has 248 valence electrons. The Bertz CT molecular complexity index is 657. The zero-order chi connectivity index (χ0) is 30.8. The fourth-order valence-electron chi connectivity index (χ4n) is 5.89. The van der Waals surface area contributed by atoms with Crippen LogP contribution in [0.4, 0.5) is 0 Å². The van der Waals surface area contributed by atoms with Gasteiger partial charge in [-0.2, -0.15) is 0 Å². The first-order chi connectivity index (χ1) is 20.5. The van der Waals surface area contributed by atoms with Crippen LogP contribution in [0.15, 0.2) is 24.4 Å². The molecule has 2 N–H and O–H groups in total. The topological polar surface area (TPSA) is 69.2 Å². The maximum atomic E-state index is 11.2. The van der Waals surface area contributed by atoms with Crippen molar-refractivity contribution in [1.82, 2.24) is 5.32 Å². The van der Waals surface area contributed by atoms with Crippen molar-refractivity contribution in [1.29, 1.82) is 0 Å². The van der Waals surface area contributed by atoms with Crippen molar-refractivity contribution in [2.75, 3.05) is 27.4 Å². The van der Waals surface area contributed by atoms with E-state index in [1.165, 1.54) is 96.3 Å². The van der Waals surface area contributed by atoms with Crippen LogP contribution in [0.3, 0.4) is 0 Å². The molecule has 6 atom stereocenters. The Balaban J connectivity index is 2.42. The summed E-state index contributed by atoms with van der Waals surface area (Å²) < 4.78 is 23.6. The number of methoxy groups -OCH3 is 2. The number of nitrogens with one attached hydrogen (secondary N) is 1. The molecule has 1 saturated heterocycles. The smallest absolute Gasteiger partial charge is 0.111 e. The van der Waals surface area contributed by atoms with E-state index in [4.69, 9.17) is 18.9 Å². The van der Waals surface area contributed by atoms with Gasteiger partial charge in [-0.25, -0.2) is 0 Å². The van der Waals surface area contributed by atoms with E-state index < -0.39 is 18.3 Å². The standard InChI is InChI=1S/C36H69NO5/c1-7-9-11-13-14-15-16-17-18-19-20-22-23-25-30(3)37-34-31(4)42-33(29-39-5)35(38)36(34)41-28-27-32(40-6)26-24-21-12-10-8-2/h15-16,31-38H,3,7-14,17-29H2,1-2,4-6H3/b16-15-. The van der Waals surface area contributed by atoms with E-state index in [0.717, 1.165) is 31.4 Å². The third-order valence-electron chi connectivity index (χ3n) is 8.62. The molecule has 0 aromatic carbocycles. The van der Waals surface area contributed by atoms with E-state index in [-0.39, 0.29) is 18.2 Å². The lowest BCUT2D eigenvalue weighted by Crippen LogP contribution is -2.63. The number of unbranched alkanes of at least 4 members (excludes halogenated alkanes) is 13. The number of ether oxygens (including phenoxy) is 4. The largest absolute Gasteiger partial charge is 0.388 e. The first kappa shape index (κ1) is 39.1. The summed E-state index contributed by atoms with van der Waals surface area (Å²) in [6.07, 6.45) is 26.3. The van der Waals surface area contributed by atoms with Gasteiger partial charge in [-0.3, -0.25) is 0 Å². The predicted octanol–water partition coefficient (Wildman–Crippen LogP) is 8.66. The Morgan fingerprint density at radius 2 is 1.45 bits per heavy atom. The maximum absolute atomic E-state index is 11.2. The lowest BCUT2D eigenvalue weighted by molar-refractivity contribution is -0.206. The number of allylic oxidation sites excluding steroid dienone is 3. The fraction of sp³-hybridized carbons (Fsp3) is 0.889. The normalized spacial score (nSPS) is 23.4. The highest BCUT2D eigenvalue weighted by Gasteiger charge is 2.44.